The number of anilines is 1. The average Bonchev–Trinajstić information content (AvgIpc) is 3.58. The molecule has 0 radical (unpaired) electrons. The predicted octanol–water partition coefficient (Wildman–Crippen LogP) is 8.35. The van der Waals surface area contributed by atoms with E-state index in [-0.39, 0.29) is 11.9 Å². The van der Waals surface area contributed by atoms with Gasteiger partial charge in [-0.15, -0.1) is 0 Å². The lowest BCUT2D eigenvalue weighted by Gasteiger charge is -2.23. The molecule has 2 N–H and O–H groups in total. The SMILES string of the molecule is CC.CC.CC(C)(C)OC(=O)NNC(=O)c1cc(-c2ccc(-c3ccc(N4CCC(C(=O)OC(C)(C)C)C4)cc3)cc2)nc2ccncc12. The van der Waals surface area contributed by atoms with Gasteiger partial charge in [0.2, 0.25) is 0 Å². The molecule has 1 saturated heterocycles. The summed E-state index contributed by atoms with van der Waals surface area (Å²) in [4.78, 5) is 48.8. The third-order valence-electron chi connectivity index (χ3n) is 7.21. The zero-order valence-electron chi connectivity index (χ0n) is 30.5. The smallest absolute Gasteiger partial charge is 0.426 e. The molecule has 1 aliphatic heterocycles. The van der Waals surface area contributed by atoms with Crippen molar-refractivity contribution >= 4 is 34.6 Å². The zero-order chi connectivity index (χ0) is 36.4. The Hall–Kier alpha value is -4.99. The molecule has 5 rings (SSSR count). The molecule has 10 nitrogen and oxygen atoms in total. The lowest BCUT2D eigenvalue weighted by atomic mass is 10.0. The van der Waals surface area contributed by atoms with Gasteiger partial charge in [0.05, 0.1) is 22.7 Å². The van der Waals surface area contributed by atoms with E-state index in [1.165, 1.54) is 0 Å². The predicted molar refractivity (Wildman–Crippen MR) is 196 cm³/mol. The van der Waals surface area contributed by atoms with Crippen LogP contribution >= 0.6 is 0 Å². The number of hydrazine groups is 1. The molecule has 1 unspecified atom stereocenters. The van der Waals surface area contributed by atoms with Crippen LogP contribution in [-0.2, 0) is 14.3 Å². The Kier molecular flexibility index (Phi) is 13.3. The second kappa shape index (κ2) is 16.9. The zero-order valence-corrected chi connectivity index (χ0v) is 30.5. The van der Waals surface area contributed by atoms with Gasteiger partial charge in [-0.05, 0) is 83.4 Å². The molecule has 10 heteroatoms. The Balaban J connectivity index is 0.00000157. The number of rotatable bonds is 5. The van der Waals surface area contributed by atoms with Gasteiger partial charge < -0.3 is 14.4 Å². The van der Waals surface area contributed by atoms with Gasteiger partial charge >= 0.3 is 12.1 Å². The molecule has 0 saturated carbocycles. The number of ether oxygens (including phenoxy) is 2. The first-order valence-electron chi connectivity index (χ1n) is 17.0. The Bertz CT molecular complexity index is 1710. The molecule has 4 aromatic rings. The molecule has 2 aromatic heterocycles. The molecule has 1 atom stereocenters. The Labute approximate surface area is 290 Å². The summed E-state index contributed by atoms with van der Waals surface area (Å²) in [6, 6.07) is 19.7. The number of esters is 1. The minimum absolute atomic E-state index is 0.121. The van der Waals surface area contributed by atoms with Crippen LogP contribution in [0.15, 0.2) is 73.1 Å². The van der Waals surface area contributed by atoms with Crippen LogP contribution in [-0.4, -0.2) is 52.2 Å². The first kappa shape index (κ1) is 38.5. The average molecular weight is 670 g/mol. The molecule has 0 aliphatic carbocycles. The number of benzene rings is 2. The number of hydrogen-bond acceptors (Lipinski definition) is 8. The van der Waals surface area contributed by atoms with Crippen molar-refractivity contribution < 1.29 is 23.9 Å². The van der Waals surface area contributed by atoms with E-state index in [0.717, 1.165) is 35.3 Å². The number of amides is 2. The molecule has 1 fully saturated rings. The first-order valence-corrected chi connectivity index (χ1v) is 17.0. The maximum absolute atomic E-state index is 13.1. The van der Waals surface area contributed by atoms with Gasteiger partial charge in [0, 0.05) is 42.1 Å². The van der Waals surface area contributed by atoms with Crippen LogP contribution in [0, 0.1) is 5.92 Å². The summed E-state index contributed by atoms with van der Waals surface area (Å²) in [5.74, 6) is -0.775. The van der Waals surface area contributed by atoms with Crippen LogP contribution < -0.4 is 15.8 Å². The molecular weight excluding hydrogens is 618 g/mol. The van der Waals surface area contributed by atoms with Gasteiger partial charge in [0.1, 0.15) is 11.2 Å². The van der Waals surface area contributed by atoms with E-state index in [0.29, 0.717) is 28.7 Å². The molecule has 0 bridgehead atoms. The van der Waals surface area contributed by atoms with Gasteiger partial charge in [-0.3, -0.25) is 20.0 Å². The normalized spacial score (nSPS) is 14.1. The number of nitrogens with one attached hydrogen (secondary N) is 2. The number of hydrogen-bond donors (Lipinski definition) is 2. The van der Waals surface area contributed by atoms with Crippen molar-refractivity contribution in [3.05, 3.63) is 78.6 Å². The molecule has 2 aromatic carbocycles. The fourth-order valence-corrected chi connectivity index (χ4v) is 5.15. The van der Waals surface area contributed by atoms with Crippen LogP contribution in [0.25, 0.3) is 33.3 Å². The molecule has 2 amide bonds. The number of carbonyl (C=O) groups excluding carboxylic acids is 3. The van der Waals surface area contributed by atoms with E-state index in [1.54, 1.807) is 45.3 Å². The van der Waals surface area contributed by atoms with Crippen LogP contribution in [0.5, 0.6) is 0 Å². The minimum Gasteiger partial charge on any atom is -0.460 e. The van der Waals surface area contributed by atoms with E-state index in [1.807, 2.05) is 72.7 Å². The van der Waals surface area contributed by atoms with Gasteiger partial charge in [-0.25, -0.2) is 15.2 Å². The standard InChI is InChI=1S/C35H39N5O5.2C2H6/c1-34(2,3)44-32(42)25-16-18-40(21-25)26-13-11-23(12-14-26)22-7-9-24(10-8-22)30-19-27(28-20-36-17-15-29(28)37-30)31(41)38-39-33(43)45-35(4,5)6;2*1-2/h7-15,17,19-20,25H,16,18,21H2,1-6H3,(H,38,41)(H,39,43);2*1-2H3. The van der Waals surface area contributed by atoms with Gasteiger partial charge in [-0.1, -0.05) is 64.1 Å². The summed E-state index contributed by atoms with van der Waals surface area (Å²) in [6.45, 7) is 20.3. The minimum atomic E-state index is -0.762. The summed E-state index contributed by atoms with van der Waals surface area (Å²) in [7, 11) is 0. The van der Waals surface area contributed by atoms with Crippen molar-refractivity contribution in [1.82, 2.24) is 20.8 Å². The summed E-state index contributed by atoms with van der Waals surface area (Å²) in [5, 5.41) is 0.553. The highest BCUT2D eigenvalue weighted by Gasteiger charge is 2.32. The number of aromatic nitrogens is 2. The highest BCUT2D eigenvalue weighted by molar-refractivity contribution is 6.07. The molecular formula is C39H51N5O5. The summed E-state index contributed by atoms with van der Waals surface area (Å²) in [5.41, 5.74) is 9.03. The fourth-order valence-electron chi connectivity index (χ4n) is 5.15. The second-order valence-electron chi connectivity index (χ2n) is 13.1. The number of carbonyl (C=O) groups is 3. The number of fused-ring (bicyclic) bond motifs is 1. The monoisotopic (exact) mass is 669 g/mol. The lowest BCUT2D eigenvalue weighted by molar-refractivity contribution is -0.159. The molecule has 3 heterocycles. The van der Waals surface area contributed by atoms with Crippen molar-refractivity contribution in [3.63, 3.8) is 0 Å². The topological polar surface area (TPSA) is 123 Å². The van der Waals surface area contributed by atoms with E-state index in [2.05, 4.69) is 45.0 Å². The summed E-state index contributed by atoms with van der Waals surface area (Å²) in [6.07, 6.45) is 3.20. The highest BCUT2D eigenvalue weighted by Crippen LogP contribution is 2.30. The quantitative estimate of drug-likeness (QED) is 0.161. The van der Waals surface area contributed by atoms with Crippen LogP contribution in [0.1, 0.15) is 86.0 Å². The summed E-state index contributed by atoms with van der Waals surface area (Å²) >= 11 is 0. The third-order valence-corrected chi connectivity index (χ3v) is 7.21. The molecule has 0 spiro atoms. The van der Waals surface area contributed by atoms with Gasteiger partial charge in [-0.2, -0.15) is 0 Å². The van der Waals surface area contributed by atoms with Crippen LogP contribution in [0.4, 0.5) is 10.5 Å². The van der Waals surface area contributed by atoms with Crippen molar-refractivity contribution in [1.29, 1.82) is 0 Å². The van der Waals surface area contributed by atoms with E-state index >= 15 is 0 Å². The second-order valence-corrected chi connectivity index (χ2v) is 13.1. The van der Waals surface area contributed by atoms with Crippen molar-refractivity contribution in [2.24, 2.45) is 5.92 Å². The fraction of sp³-hybridized carbons (Fsp3) is 0.410. The Morgan fingerprint density at radius 3 is 1.94 bits per heavy atom. The molecule has 49 heavy (non-hydrogen) atoms. The van der Waals surface area contributed by atoms with Crippen LogP contribution in [0.2, 0.25) is 0 Å². The number of pyridine rings is 2. The van der Waals surface area contributed by atoms with Crippen LogP contribution in [0.3, 0.4) is 0 Å². The molecule has 262 valence electrons. The van der Waals surface area contributed by atoms with Crippen molar-refractivity contribution in [2.75, 3.05) is 18.0 Å². The van der Waals surface area contributed by atoms with E-state index in [9.17, 15) is 14.4 Å². The van der Waals surface area contributed by atoms with Gasteiger partial charge in [0.15, 0.2) is 0 Å². The lowest BCUT2D eigenvalue weighted by Crippen LogP contribution is -2.44. The highest BCUT2D eigenvalue weighted by atomic mass is 16.6. The van der Waals surface area contributed by atoms with E-state index in [4.69, 9.17) is 14.5 Å². The van der Waals surface area contributed by atoms with E-state index < -0.39 is 23.2 Å². The maximum Gasteiger partial charge on any atom is 0.426 e. The van der Waals surface area contributed by atoms with Gasteiger partial charge in [0.25, 0.3) is 5.91 Å². The molecule has 1 aliphatic rings. The maximum atomic E-state index is 13.1. The van der Waals surface area contributed by atoms with Crippen molar-refractivity contribution in [2.45, 2.75) is 86.9 Å². The third kappa shape index (κ3) is 10.8. The first-order chi connectivity index (χ1) is 23.3. The Morgan fingerprint density at radius 2 is 1.35 bits per heavy atom. The Morgan fingerprint density at radius 1 is 0.776 bits per heavy atom. The van der Waals surface area contributed by atoms with Crippen molar-refractivity contribution in [3.8, 4) is 22.4 Å². The summed E-state index contributed by atoms with van der Waals surface area (Å²) < 4.78 is 10.8. The largest absolute Gasteiger partial charge is 0.460 e. The number of nitrogens with zero attached hydrogens (tertiary/aromatic N) is 3.